The summed E-state index contributed by atoms with van der Waals surface area (Å²) in [4.78, 5) is 23.8. The number of aryl methyl sites for hydroxylation is 1. The minimum Gasteiger partial charge on any atom is -0.464 e. The molecule has 0 aliphatic rings. The Bertz CT molecular complexity index is 741. The summed E-state index contributed by atoms with van der Waals surface area (Å²) in [5, 5.41) is 5.73. The van der Waals surface area contributed by atoms with Gasteiger partial charge < -0.3 is 15.1 Å². The van der Waals surface area contributed by atoms with Crippen LogP contribution in [0.3, 0.4) is 0 Å². The van der Waals surface area contributed by atoms with Gasteiger partial charge in [-0.3, -0.25) is 4.79 Å². The number of rotatable bonds is 4. The predicted octanol–water partition coefficient (Wildman–Crippen LogP) is 4.70. The summed E-state index contributed by atoms with van der Waals surface area (Å²) in [6, 6.07) is 10.00. The SMILES string of the molecule is CC(=O)c1cccc(NC(=O)NC(c2ccc(C)o2)C(C)(C)C)c1. The quantitative estimate of drug-likeness (QED) is 0.799. The Morgan fingerprint density at radius 3 is 2.38 bits per heavy atom. The van der Waals surface area contributed by atoms with Gasteiger partial charge in [-0.1, -0.05) is 32.9 Å². The van der Waals surface area contributed by atoms with Crippen LogP contribution >= 0.6 is 0 Å². The third kappa shape index (κ3) is 4.47. The molecule has 2 aromatic rings. The molecule has 0 bridgehead atoms. The summed E-state index contributed by atoms with van der Waals surface area (Å²) in [7, 11) is 0. The van der Waals surface area contributed by atoms with Gasteiger partial charge in [0.2, 0.25) is 0 Å². The first-order valence-electron chi connectivity index (χ1n) is 7.91. The molecule has 1 aromatic carbocycles. The zero-order chi connectivity index (χ0) is 17.9. The average molecular weight is 328 g/mol. The first kappa shape index (κ1) is 17.8. The number of furan rings is 1. The van der Waals surface area contributed by atoms with Gasteiger partial charge in [-0.2, -0.15) is 0 Å². The molecule has 2 N–H and O–H groups in total. The molecule has 24 heavy (non-hydrogen) atoms. The van der Waals surface area contributed by atoms with Gasteiger partial charge in [0.1, 0.15) is 11.5 Å². The van der Waals surface area contributed by atoms with Crippen molar-refractivity contribution in [1.29, 1.82) is 0 Å². The normalized spacial score (nSPS) is 12.5. The largest absolute Gasteiger partial charge is 0.464 e. The third-order valence-corrected chi connectivity index (χ3v) is 3.71. The van der Waals surface area contributed by atoms with Crippen molar-refractivity contribution >= 4 is 17.5 Å². The number of ketones is 1. The first-order valence-corrected chi connectivity index (χ1v) is 7.91. The monoisotopic (exact) mass is 328 g/mol. The number of anilines is 1. The zero-order valence-corrected chi connectivity index (χ0v) is 14.8. The second-order valence-electron chi connectivity index (χ2n) is 6.98. The highest BCUT2D eigenvalue weighted by atomic mass is 16.3. The van der Waals surface area contributed by atoms with Gasteiger partial charge in [-0.25, -0.2) is 4.79 Å². The van der Waals surface area contributed by atoms with E-state index in [1.807, 2.05) is 39.8 Å². The van der Waals surface area contributed by atoms with Crippen LogP contribution < -0.4 is 10.6 Å². The molecule has 2 rings (SSSR count). The van der Waals surface area contributed by atoms with Crippen molar-refractivity contribution in [1.82, 2.24) is 5.32 Å². The molecule has 1 aromatic heterocycles. The zero-order valence-electron chi connectivity index (χ0n) is 14.8. The van der Waals surface area contributed by atoms with E-state index in [2.05, 4.69) is 10.6 Å². The van der Waals surface area contributed by atoms with Crippen LogP contribution in [0.5, 0.6) is 0 Å². The number of nitrogens with one attached hydrogen (secondary N) is 2. The number of carbonyl (C=O) groups is 2. The molecule has 0 fully saturated rings. The van der Waals surface area contributed by atoms with Gasteiger partial charge >= 0.3 is 6.03 Å². The lowest BCUT2D eigenvalue weighted by atomic mass is 9.85. The van der Waals surface area contributed by atoms with Gasteiger partial charge in [0.15, 0.2) is 5.78 Å². The molecule has 0 saturated heterocycles. The Balaban J connectivity index is 2.14. The molecule has 0 spiro atoms. The Morgan fingerprint density at radius 2 is 1.83 bits per heavy atom. The number of carbonyl (C=O) groups excluding carboxylic acids is 2. The lowest BCUT2D eigenvalue weighted by Gasteiger charge is -2.30. The second-order valence-corrected chi connectivity index (χ2v) is 6.98. The summed E-state index contributed by atoms with van der Waals surface area (Å²) in [6.07, 6.45) is 0. The molecule has 1 heterocycles. The van der Waals surface area contributed by atoms with Crippen molar-refractivity contribution in [3.05, 3.63) is 53.5 Å². The molecule has 0 radical (unpaired) electrons. The van der Waals surface area contributed by atoms with Crippen molar-refractivity contribution in [2.24, 2.45) is 5.41 Å². The summed E-state index contributed by atoms with van der Waals surface area (Å²) < 4.78 is 5.69. The summed E-state index contributed by atoms with van der Waals surface area (Å²) in [5.74, 6) is 1.47. The molecular formula is C19H24N2O3. The van der Waals surface area contributed by atoms with Crippen LogP contribution in [-0.4, -0.2) is 11.8 Å². The number of hydrogen-bond acceptors (Lipinski definition) is 3. The van der Waals surface area contributed by atoms with E-state index in [0.717, 1.165) is 5.76 Å². The van der Waals surface area contributed by atoms with Crippen molar-refractivity contribution in [2.75, 3.05) is 5.32 Å². The van der Waals surface area contributed by atoms with Crippen LogP contribution in [0.2, 0.25) is 0 Å². The number of benzene rings is 1. The van der Waals surface area contributed by atoms with E-state index in [1.54, 1.807) is 24.3 Å². The molecular weight excluding hydrogens is 304 g/mol. The molecule has 0 aliphatic carbocycles. The van der Waals surface area contributed by atoms with E-state index >= 15 is 0 Å². The highest BCUT2D eigenvalue weighted by molar-refractivity contribution is 5.96. The highest BCUT2D eigenvalue weighted by Crippen LogP contribution is 2.33. The van der Waals surface area contributed by atoms with E-state index < -0.39 is 0 Å². The molecule has 2 amide bonds. The van der Waals surface area contributed by atoms with Crippen LogP contribution in [-0.2, 0) is 0 Å². The first-order chi connectivity index (χ1) is 11.2. The number of Topliss-reactive ketones (excluding diaryl/α,β-unsaturated/α-hetero) is 1. The predicted molar refractivity (Wildman–Crippen MR) is 94.2 cm³/mol. The molecule has 0 saturated carbocycles. The minimum absolute atomic E-state index is 0.0438. The van der Waals surface area contributed by atoms with Gasteiger partial charge in [-0.05, 0) is 43.5 Å². The molecule has 5 nitrogen and oxygen atoms in total. The summed E-state index contributed by atoms with van der Waals surface area (Å²) >= 11 is 0. The Hall–Kier alpha value is -2.56. The Morgan fingerprint density at radius 1 is 1.12 bits per heavy atom. The van der Waals surface area contributed by atoms with Crippen molar-refractivity contribution in [3.63, 3.8) is 0 Å². The van der Waals surface area contributed by atoms with Crippen LogP contribution in [0.25, 0.3) is 0 Å². The fourth-order valence-corrected chi connectivity index (χ4v) is 2.44. The maximum Gasteiger partial charge on any atom is 0.319 e. The van der Waals surface area contributed by atoms with Crippen LogP contribution in [0.1, 0.15) is 55.6 Å². The third-order valence-electron chi connectivity index (χ3n) is 3.71. The number of hydrogen-bond donors (Lipinski definition) is 2. The lowest BCUT2D eigenvalue weighted by Crippen LogP contribution is -2.38. The van der Waals surface area contributed by atoms with E-state index in [4.69, 9.17) is 4.42 Å². The van der Waals surface area contributed by atoms with E-state index in [9.17, 15) is 9.59 Å². The topological polar surface area (TPSA) is 71.3 Å². The van der Waals surface area contributed by atoms with Gasteiger partial charge in [0.05, 0.1) is 6.04 Å². The maximum absolute atomic E-state index is 12.4. The number of amides is 2. The molecule has 128 valence electrons. The fourth-order valence-electron chi connectivity index (χ4n) is 2.44. The van der Waals surface area contributed by atoms with E-state index in [-0.39, 0.29) is 23.3 Å². The number of urea groups is 1. The summed E-state index contributed by atoms with van der Waals surface area (Å²) in [6.45, 7) is 9.47. The molecule has 1 atom stereocenters. The lowest BCUT2D eigenvalue weighted by molar-refractivity contribution is 0.101. The van der Waals surface area contributed by atoms with E-state index in [0.29, 0.717) is 17.0 Å². The Labute approximate surface area is 142 Å². The van der Waals surface area contributed by atoms with Gasteiger partial charge in [-0.15, -0.1) is 0 Å². The standard InChI is InChI=1S/C19H24N2O3/c1-12-9-10-16(24-12)17(19(3,4)5)21-18(23)20-15-8-6-7-14(11-15)13(2)22/h6-11,17H,1-5H3,(H2,20,21,23). The highest BCUT2D eigenvalue weighted by Gasteiger charge is 2.30. The maximum atomic E-state index is 12.4. The Kier molecular flexibility index (Phi) is 5.12. The van der Waals surface area contributed by atoms with Crippen molar-refractivity contribution in [3.8, 4) is 0 Å². The molecule has 5 heteroatoms. The van der Waals surface area contributed by atoms with Crippen LogP contribution in [0.15, 0.2) is 40.8 Å². The van der Waals surface area contributed by atoms with Gasteiger partial charge in [0, 0.05) is 11.3 Å². The van der Waals surface area contributed by atoms with Crippen molar-refractivity contribution in [2.45, 2.75) is 40.7 Å². The second kappa shape index (κ2) is 6.91. The summed E-state index contributed by atoms with van der Waals surface area (Å²) in [5.41, 5.74) is 0.911. The fraction of sp³-hybridized carbons (Fsp3) is 0.368. The average Bonchev–Trinajstić information content (AvgIpc) is 2.90. The molecule has 0 aliphatic heterocycles. The van der Waals surface area contributed by atoms with Crippen LogP contribution in [0, 0.1) is 12.3 Å². The smallest absolute Gasteiger partial charge is 0.319 e. The van der Waals surface area contributed by atoms with Gasteiger partial charge in [0.25, 0.3) is 0 Å². The minimum atomic E-state index is -0.343. The van der Waals surface area contributed by atoms with Crippen molar-refractivity contribution < 1.29 is 14.0 Å². The molecule has 1 unspecified atom stereocenters. The van der Waals surface area contributed by atoms with E-state index in [1.165, 1.54) is 6.92 Å². The van der Waals surface area contributed by atoms with Crippen LogP contribution in [0.4, 0.5) is 10.5 Å².